The Bertz CT molecular complexity index is 283. The molecule has 1 atom stereocenters. The number of benzene rings is 1. The molecule has 1 aromatic carbocycles. The van der Waals surface area contributed by atoms with Gasteiger partial charge in [-0.3, -0.25) is 4.21 Å². The summed E-state index contributed by atoms with van der Waals surface area (Å²) >= 11 is -2.48. The van der Waals surface area contributed by atoms with Crippen molar-refractivity contribution < 1.29 is 42.7 Å². The van der Waals surface area contributed by atoms with Crippen LogP contribution in [0.5, 0.6) is 0 Å². The topological polar surface area (TPSA) is 40.1 Å². The summed E-state index contributed by atoms with van der Waals surface area (Å²) < 4.78 is 33.5. The zero-order chi connectivity index (χ0) is 8.43. The maximum absolute atomic E-state index is 12.7. The third kappa shape index (κ3) is 2.64. The Balaban J connectivity index is 0.00000121. The van der Waals surface area contributed by atoms with Crippen molar-refractivity contribution in [3.8, 4) is 0 Å². The Kier molecular flexibility index (Phi) is 5.20. The van der Waals surface area contributed by atoms with Crippen LogP contribution < -0.4 is 29.6 Å². The van der Waals surface area contributed by atoms with Crippen LogP contribution in [0.2, 0.25) is 0 Å². The van der Waals surface area contributed by atoms with E-state index in [1.54, 1.807) is 13.0 Å². The van der Waals surface area contributed by atoms with Gasteiger partial charge in [-0.2, -0.15) is 0 Å². The minimum Gasteiger partial charge on any atom is -0.768 e. The Labute approximate surface area is 94.8 Å². The first-order chi connectivity index (χ1) is 5.13. The van der Waals surface area contributed by atoms with Crippen LogP contribution >= 0.6 is 0 Å². The predicted octanol–water partition coefficient (Wildman–Crippen LogP) is -1.62. The average molecular weight is 196 g/mol. The number of hydrogen-bond acceptors (Lipinski definition) is 2. The summed E-state index contributed by atoms with van der Waals surface area (Å²) in [6.45, 7) is 1.55. The molecule has 0 saturated carbocycles. The normalized spacial score (nSPS) is 11.9. The van der Waals surface area contributed by atoms with Crippen LogP contribution in [0.1, 0.15) is 5.56 Å². The molecule has 0 aromatic heterocycles. The van der Waals surface area contributed by atoms with Crippen molar-refractivity contribution in [2.75, 3.05) is 0 Å². The third-order valence-corrected chi connectivity index (χ3v) is 2.18. The molecular weight excluding hydrogens is 190 g/mol. The SMILES string of the molecule is Cc1cccc(F)c1S(=O)[O-].[Na+]. The van der Waals surface area contributed by atoms with Gasteiger partial charge in [-0.05, 0) is 29.6 Å². The summed E-state index contributed by atoms with van der Waals surface area (Å²) in [4.78, 5) is -0.243. The van der Waals surface area contributed by atoms with Gasteiger partial charge < -0.3 is 4.55 Å². The van der Waals surface area contributed by atoms with E-state index < -0.39 is 16.9 Å². The van der Waals surface area contributed by atoms with Crippen LogP contribution in [-0.4, -0.2) is 8.76 Å². The molecule has 0 aliphatic rings. The first kappa shape index (κ1) is 12.3. The van der Waals surface area contributed by atoms with Crippen molar-refractivity contribution in [2.45, 2.75) is 11.8 Å². The fraction of sp³-hybridized carbons (Fsp3) is 0.143. The zero-order valence-corrected chi connectivity index (χ0v) is 9.65. The second-order valence-corrected chi connectivity index (χ2v) is 3.00. The van der Waals surface area contributed by atoms with Crippen molar-refractivity contribution in [3.05, 3.63) is 29.6 Å². The molecule has 0 amide bonds. The van der Waals surface area contributed by atoms with Gasteiger partial charge in [0.2, 0.25) is 0 Å². The first-order valence-corrected chi connectivity index (χ1v) is 4.05. The molecule has 0 heterocycles. The van der Waals surface area contributed by atoms with Gasteiger partial charge >= 0.3 is 29.6 Å². The maximum Gasteiger partial charge on any atom is 1.00 e. The van der Waals surface area contributed by atoms with Crippen LogP contribution in [0.15, 0.2) is 23.1 Å². The molecule has 0 saturated heterocycles. The van der Waals surface area contributed by atoms with Crippen LogP contribution in [-0.2, 0) is 11.1 Å². The van der Waals surface area contributed by atoms with E-state index in [0.717, 1.165) is 6.07 Å². The second kappa shape index (κ2) is 5.09. The number of hydrogen-bond donors (Lipinski definition) is 0. The molecule has 5 heteroatoms. The van der Waals surface area contributed by atoms with Crippen molar-refractivity contribution >= 4 is 11.1 Å². The quantitative estimate of drug-likeness (QED) is 0.400. The third-order valence-electron chi connectivity index (χ3n) is 1.33. The first-order valence-electron chi connectivity index (χ1n) is 2.97. The standard InChI is InChI=1S/C7H7FO2S.Na/c1-5-3-2-4-6(8)7(5)11(9)10;/h2-4H,1H3,(H,9,10);/q;+1/p-1. The summed E-state index contributed by atoms with van der Waals surface area (Å²) in [5, 5.41) is 0. The fourth-order valence-corrected chi connectivity index (χ4v) is 1.39. The van der Waals surface area contributed by atoms with E-state index >= 15 is 0 Å². The molecule has 0 radical (unpaired) electrons. The Morgan fingerprint density at radius 1 is 1.50 bits per heavy atom. The molecule has 1 rings (SSSR count). The molecule has 0 aliphatic heterocycles. The van der Waals surface area contributed by atoms with Crippen molar-refractivity contribution in [1.82, 2.24) is 0 Å². The van der Waals surface area contributed by atoms with E-state index in [0.29, 0.717) is 5.56 Å². The molecule has 0 N–H and O–H groups in total. The molecule has 12 heavy (non-hydrogen) atoms. The minimum absolute atomic E-state index is 0. The van der Waals surface area contributed by atoms with Gasteiger partial charge in [0, 0.05) is 0 Å². The van der Waals surface area contributed by atoms with E-state index in [9.17, 15) is 13.2 Å². The Hall–Kier alpha value is 0.260. The van der Waals surface area contributed by atoms with Gasteiger partial charge in [0.05, 0.1) is 4.90 Å². The van der Waals surface area contributed by atoms with Crippen molar-refractivity contribution in [3.63, 3.8) is 0 Å². The summed E-state index contributed by atoms with van der Waals surface area (Å²) in [7, 11) is 0. The van der Waals surface area contributed by atoms with Crippen molar-refractivity contribution in [1.29, 1.82) is 0 Å². The van der Waals surface area contributed by atoms with Gasteiger partial charge in [-0.25, -0.2) is 4.39 Å². The second-order valence-electron chi connectivity index (χ2n) is 2.12. The maximum atomic E-state index is 12.7. The van der Waals surface area contributed by atoms with Gasteiger partial charge in [0.1, 0.15) is 5.82 Å². The summed E-state index contributed by atoms with van der Waals surface area (Å²) in [6, 6.07) is 4.15. The van der Waals surface area contributed by atoms with E-state index in [4.69, 9.17) is 0 Å². The summed E-state index contributed by atoms with van der Waals surface area (Å²) in [5.74, 6) is -0.696. The molecule has 0 bridgehead atoms. The summed E-state index contributed by atoms with van der Waals surface area (Å²) in [6.07, 6.45) is 0. The van der Waals surface area contributed by atoms with E-state index in [-0.39, 0.29) is 34.5 Å². The molecule has 60 valence electrons. The number of rotatable bonds is 1. The molecule has 0 fully saturated rings. The van der Waals surface area contributed by atoms with Crippen LogP contribution in [0.4, 0.5) is 4.39 Å². The molecule has 1 aromatic rings. The van der Waals surface area contributed by atoms with E-state index in [1.165, 1.54) is 6.07 Å². The molecular formula is C7H6FNaO2S. The number of halogens is 1. The van der Waals surface area contributed by atoms with Crippen LogP contribution in [0.25, 0.3) is 0 Å². The monoisotopic (exact) mass is 196 g/mol. The zero-order valence-electron chi connectivity index (χ0n) is 6.83. The smallest absolute Gasteiger partial charge is 0.768 e. The molecule has 1 unspecified atom stereocenters. The molecule has 2 nitrogen and oxygen atoms in total. The summed E-state index contributed by atoms with van der Waals surface area (Å²) in [5.41, 5.74) is 0.429. The van der Waals surface area contributed by atoms with E-state index in [2.05, 4.69) is 0 Å². The Morgan fingerprint density at radius 3 is 2.42 bits per heavy atom. The predicted molar refractivity (Wildman–Crippen MR) is 38.3 cm³/mol. The van der Waals surface area contributed by atoms with Gasteiger partial charge in [-0.15, -0.1) is 0 Å². The van der Waals surface area contributed by atoms with Gasteiger partial charge in [0.15, 0.2) is 0 Å². The van der Waals surface area contributed by atoms with E-state index in [1.807, 2.05) is 0 Å². The fourth-order valence-electron chi connectivity index (χ4n) is 0.828. The van der Waals surface area contributed by atoms with Gasteiger partial charge in [-0.1, -0.05) is 12.1 Å². The van der Waals surface area contributed by atoms with Crippen molar-refractivity contribution in [2.24, 2.45) is 0 Å². The number of aryl methyl sites for hydroxylation is 1. The molecule has 0 aliphatic carbocycles. The molecule has 0 spiro atoms. The minimum atomic E-state index is -2.48. The van der Waals surface area contributed by atoms with Gasteiger partial charge in [0.25, 0.3) is 0 Å². The van der Waals surface area contributed by atoms with Crippen LogP contribution in [0, 0.1) is 12.7 Å². The van der Waals surface area contributed by atoms with Crippen LogP contribution in [0.3, 0.4) is 0 Å². The largest absolute Gasteiger partial charge is 1.00 e. The average Bonchev–Trinajstić information content (AvgIpc) is 1.85. The Morgan fingerprint density at radius 2 is 2.08 bits per heavy atom.